The molecule has 3 aromatic rings. The maximum atomic E-state index is 12.6. The maximum Gasteiger partial charge on any atom is 0.287 e. The van der Waals surface area contributed by atoms with E-state index in [0.717, 1.165) is 25.2 Å². The number of halogens is 1. The first kappa shape index (κ1) is 20.1. The number of nitrogens with one attached hydrogen (secondary N) is 2. The molecule has 0 spiro atoms. The third-order valence-electron chi connectivity index (χ3n) is 4.91. The van der Waals surface area contributed by atoms with Gasteiger partial charge in [-0.3, -0.25) is 9.59 Å². The number of hydrogen-bond donors (Lipinski definition) is 2. The van der Waals surface area contributed by atoms with Crippen molar-refractivity contribution in [3.05, 3.63) is 80.7 Å². The molecule has 0 saturated carbocycles. The Kier molecular flexibility index (Phi) is 6.49. The average Bonchev–Trinajstić information content (AvgIpc) is 2.71. The van der Waals surface area contributed by atoms with Crippen molar-refractivity contribution < 1.29 is 14.1 Å². The summed E-state index contributed by atoms with van der Waals surface area (Å²) in [7, 11) is 0. The Balaban J connectivity index is 1.77. The van der Waals surface area contributed by atoms with Crippen LogP contribution in [0, 0.1) is 0 Å². The van der Waals surface area contributed by atoms with E-state index in [4.69, 9.17) is 16.0 Å². The molecule has 146 valence electrons. The number of fused-ring (bicyclic) bond motifs is 1. The molecule has 5 nitrogen and oxygen atoms in total. The molecule has 0 unspecified atom stereocenters. The van der Waals surface area contributed by atoms with Crippen molar-refractivity contribution in [1.29, 1.82) is 0 Å². The minimum atomic E-state index is -0.418. The van der Waals surface area contributed by atoms with Crippen LogP contribution in [0.3, 0.4) is 0 Å². The third kappa shape index (κ3) is 4.61. The lowest BCUT2D eigenvalue weighted by Crippen LogP contribution is -3.10. The van der Waals surface area contributed by atoms with Crippen molar-refractivity contribution in [2.75, 3.05) is 13.1 Å². The molecule has 0 fully saturated rings. The van der Waals surface area contributed by atoms with Gasteiger partial charge in [-0.2, -0.15) is 0 Å². The van der Waals surface area contributed by atoms with Crippen LogP contribution >= 0.6 is 11.6 Å². The van der Waals surface area contributed by atoms with Crippen LogP contribution in [0.2, 0.25) is 5.02 Å². The van der Waals surface area contributed by atoms with E-state index in [2.05, 4.69) is 25.2 Å². The Morgan fingerprint density at radius 2 is 1.79 bits per heavy atom. The minimum Gasteiger partial charge on any atom is -0.451 e. The normalized spacial score (nSPS) is 11.1. The molecule has 0 aliphatic rings. The second-order valence-electron chi connectivity index (χ2n) is 6.70. The summed E-state index contributed by atoms with van der Waals surface area (Å²) in [6, 6.07) is 14.0. The van der Waals surface area contributed by atoms with Gasteiger partial charge in [0.05, 0.1) is 18.5 Å². The fourth-order valence-corrected chi connectivity index (χ4v) is 3.35. The molecule has 2 N–H and O–H groups in total. The molecule has 0 bridgehead atoms. The van der Waals surface area contributed by atoms with Crippen LogP contribution < -0.4 is 15.6 Å². The second kappa shape index (κ2) is 9.04. The van der Waals surface area contributed by atoms with Crippen LogP contribution in [0.1, 0.15) is 35.5 Å². The fraction of sp³-hybridized carbons (Fsp3) is 0.273. The van der Waals surface area contributed by atoms with Crippen LogP contribution in [-0.2, 0) is 13.1 Å². The average molecular weight is 400 g/mol. The monoisotopic (exact) mass is 399 g/mol. The summed E-state index contributed by atoms with van der Waals surface area (Å²) in [5.74, 6) is -0.425. The van der Waals surface area contributed by atoms with Crippen LogP contribution in [0.15, 0.2) is 57.7 Å². The van der Waals surface area contributed by atoms with Gasteiger partial charge >= 0.3 is 0 Å². The number of rotatable bonds is 7. The lowest BCUT2D eigenvalue weighted by atomic mass is 10.1. The van der Waals surface area contributed by atoms with Crippen molar-refractivity contribution in [3.63, 3.8) is 0 Å². The van der Waals surface area contributed by atoms with E-state index in [1.54, 1.807) is 12.1 Å². The van der Waals surface area contributed by atoms with Gasteiger partial charge in [-0.25, -0.2) is 0 Å². The van der Waals surface area contributed by atoms with Crippen molar-refractivity contribution in [2.24, 2.45) is 0 Å². The quantitative estimate of drug-likeness (QED) is 0.642. The summed E-state index contributed by atoms with van der Waals surface area (Å²) in [4.78, 5) is 26.3. The molecule has 2 aromatic carbocycles. The molecule has 0 aliphatic carbocycles. The van der Waals surface area contributed by atoms with Gasteiger partial charge in [0.1, 0.15) is 12.1 Å². The highest BCUT2D eigenvalue weighted by molar-refractivity contribution is 6.31. The van der Waals surface area contributed by atoms with E-state index in [1.807, 2.05) is 18.2 Å². The van der Waals surface area contributed by atoms with Gasteiger partial charge in [-0.1, -0.05) is 35.9 Å². The molecule has 6 heteroatoms. The van der Waals surface area contributed by atoms with E-state index in [-0.39, 0.29) is 11.2 Å². The molecule has 0 radical (unpaired) electrons. The summed E-state index contributed by atoms with van der Waals surface area (Å²) >= 11 is 5.92. The summed E-state index contributed by atoms with van der Waals surface area (Å²) < 4.78 is 5.60. The van der Waals surface area contributed by atoms with Crippen LogP contribution in [-0.4, -0.2) is 19.0 Å². The lowest BCUT2D eigenvalue weighted by molar-refractivity contribution is -0.910. The first-order valence-electron chi connectivity index (χ1n) is 9.43. The van der Waals surface area contributed by atoms with Crippen LogP contribution in [0.4, 0.5) is 0 Å². The Morgan fingerprint density at radius 1 is 1.07 bits per heavy atom. The largest absolute Gasteiger partial charge is 0.451 e. The number of quaternary nitrogens is 1. The van der Waals surface area contributed by atoms with Crippen molar-refractivity contribution >= 4 is 28.5 Å². The number of amides is 1. The highest BCUT2D eigenvalue weighted by Crippen LogP contribution is 2.17. The molecule has 3 rings (SSSR count). The van der Waals surface area contributed by atoms with Gasteiger partial charge < -0.3 is 14.6 Å². The van der Waals surface area contributed by atoms with Gasteiger partial charge in [-0.05, 0) is 37.6 Å². The molecule has 0 atom stereocenters. The molecule has 1 heterocycles. The zero-order chi connectivity index (χ0) is 20.1. The second-order valence-corrected chi connectivity index (χ2v) is 7.14. The highest BCUT2D eigenvalue weighted by atomic mass is 35.5. The topological polar surface area (TPSA) is 63.8 Å². The van der Waals surface area contributed by atoms with E-state index in [0.29, 0.717) is 22.5 Å². The smallest absolute Gasteiger partial charge is 0.287 e. The third-order valence-corrected chi connectivity index (χ3v) is 5.15. The summed E-state index contributed by atoms with van der Waals surface area (Å²) in [6.45, 7) is 7.70. The highest BCUT2D eigenvalue weighted by Gasteiger charge is 2.14. The number of carbonyl (C=O) groups excluding carboxylic acids is 1. The Bertz CT molecular complexity index is 1040. The predicted octanol–water partition coefficient (Wildman–Crippen LogP) is 2.80. The van der Waals surface area contributed by atoms with Gasteiger partial charge in [0, 0.05) is 23.2 Å². The summed E-state index contributed by atoms with van der Waals surface area (Å²) in [5, 5.41) is 3.67. The van der Waals surface area contributed by atoms with Gasteiger partial charge in [0.2, 0.25) is 0 Å². The number of carbonyl (C=O) groups is 1. The zero-order valence-electron chi connectivity index (χ0n) is 16.0. The van der Waals surface area contributed by atoms with Gasteiger partial charge in [0.25, 0.3) is 5.91 Å². The van der Waals surface area contributed by atoms with E-state index >= 15 is 0 Å². The van der Waals surface area contributed by atoms with Gasteiger partial charge in [-0.15, -0.1) is 0 Å². The van der Waals surface area contributed by atoms with E-state index in [1.165, 1.54) is 22.6 Å². The SMILES string of the molecule is CC[NH+](CC)Cc1ccccc1CNC(=O)c1cc(=O)c2cc(Cl)ccc2o1. The fourth-order valence-electron chi connectivity index (χ4n) is 3.17. The summed E-state index contributed by atoms with van der Waals surface area (Å²) in [6.07, 6.45) is 0. The van der Waals surface area contributed by atoms with Crippen LogP contribution in [0.25, 0.3) is 11.0 Å². The molecular formula is C22H24ClN2O3+. The minimum absolute atomic E-state index is 0.00771. The molecule has 0 aliphatic heterocycles. The van der Waals surface area contributed by atoms with Crippen LogP contribution in [0.5, 0.6) is 0 Å². The van der Waals surface area contributed by atoms with Gasteiger partial charge in [0.15, 0.2) is 11.2 Å². The Morgan fingerprint density at radius 3 is 2.50 bits per heavy atom. The summed E-state index contributed by atoms with van der Waals surface area (Å²) in [5.41, 5.74) is 2.31. The predicted molar refractivity (Wildman–Crippen MR) is 111 cm³/mol. The first-order chi connectivity index (χ1) is 13.5. The Labute approximate surface area is 168 Å². The molecular weight excluding hydrogens is 376 g/mol. The maximum absolute atomic E-state index is 12.6. The molecule has 28 heavy (non-hydrogen) atoms. The van der Waals surface area contributed by atoms with Crippen molar-refractivity contribution in [3.8, 4) is 0 Å². The van der Waals surface area contributed by atoms with E-state index < -0.39 is 5.91 Å². The molecule has 1 aromatic heterocycles. The lowest BCUT2D eigenvalue weighted by Gasteiger charge is -2.17. The van der Waals surface area contributed by atoms with Crippen molar-refractivity contribution in [2.45, 2.75) is 26.9 Å². The number of benzene rings is 2. The molecule has 1 amide bonds. The Hall–Kier alpha value is -2.63. The first-order valence-corrected chi connectivity index (χ1v) is 9.81. The van der Waals surface area contributed by atoms with E-state index in [9.17, 15) is 9.59 Å². The number of hydrogen-bond acceptors (Lipinski definition) is 3. The molecule has 0 saturated heterocycles. The zero-order valence-corrected chi connectivity index (χ0v) is 16.8. The van der Waals surface area contributed by atoms with Crippen molar-refractivity contribution in [1.82, 2.24) is 5.32 Å². The standard InChI is InChI=1S/C22H23ClN2O3/c1-3-25(4-2)14-16-8-6-5-7-15(16)13-24-22(27)21-12-19(26)18-11-17(23)9-10-20(18)28-21/h5-12H,3-4,13-14H2,1-2H3,(H,24,27)/p+1.